The number of nitrogens with zero attached hydrogens (tertiary/aromatic N) is 3. The van der Waals surface area contributed by atoms with E-state index in [0.717, 1.165) is 25.1 Å². The second-order valence-electron chi connectivity index (χ2n) is 6.04. The van der Waals surface area contributed by atoms with Crippen molar-refractivity contribution < 1.29 is 9.53 Å². The van der Waals surface area contributed by atoms with Crippen molar-refractivity contribution in [1.29, 1.82) is 0 Å². The van der Waals surface area contributed by atoms with Crippen molar-refractivity contribution in [3.8, 4) is 0 Å². The molecule has 1 aliphatic rings. The van der Waals surface area contributed by atoms with Gasteiger partial charge < -0.3 is 14.2 Å². The Balaban J connectivity index is 1.74. The van der Waals surface area contributed by atoms with E-state index in [4.69, 9.17) is 4.74 Å². The molecule has 3 heterocycles. The van der Waals surface area contributed by atoms with Gasteiger partial charge in [0.05, 0.1) is 12.2 Å². The van der Waals surface area contributed by atoms with E-state index in [1.54, 1.807) is 25.6 Å². The summed E-state index contributed by atoms with van der Waals surface area (Å²) < 4.78 is 6.53. The van der Waals surface area contributed by atoms with Crippen LogP contribution in [0.5, 0.6) is 0 Å². The first-order valence-electron chi connectivity index (χ1n) is 8.17. The Morgan fingerprint density at radius 1 is 1.42 bits per heavy atom. The molecule has 2 aromatic rings. The van der Waals surface area contributed by atoms with Gasteiger partial charge in [-0.2, -0.15) is 5.10 Å². The number of pyridine rings is 1. The van der Waals surface area contributed by atoms with Crippen LogP contribution in [0.3, 0.4) is 0 Å². The van der Waals surface area contributed by atoms with Crippen molar-refractivity contribution in [1.82, 2.24) is 19.7 Å². The van der Waals surface area contributed by atoms with Crippen LogP contribution in [0.1, 0.15) is 34.8 Å². The van der Waals surface area contributed by atoms with E-state index < -0.39 is 0 Å². The molecule has 0 aromatic carbocycles. The third-order valence-corrected chi connectivity index (χ3v) is 4.44. The molecule has 1 fully saturated rings. The van der Waals surface area contributed by atoms with Crippen molar-refractivity contribution in [2.75, 3.05) is 26.8 Å². The van der Waals surface area contributed by atoms with E-state index >= 15 is 0 Å². The van der Waals surface area contributed by atoms with E-state index in [-0.39, 0.29) is 17.4 Å². The number of hydrogen-bond acceptors (Lipinski definition) is 4. The van der Waals surface area contributed by atoms with Crippen LogP contribution >= 0.6 is 0 Å². The first kappa shape index (κ1) is 16.4. The Morgan fingerprint density at radius 3 is 3.04 bits per heavy atom. The van der Waals surface area contributed by atoms with Gasteiger partial charge >= 0.3 is 0 Å². The van der Waals surface area contributed by atoms with Gasteiger partial charge in [0.25, 0.3) is 11.5 Å². The van der Waals surface area contributed by atoms with Gasteiger partial charge in [-0.3, -0.25) is 14.7 Å². The van der Waals surface area contributed by atoms with Gasteiger partial charge in [-0.25, -0.2) is 0 Å². The monoisotopic (exact) mass is 330 g/mol. The zero-order valence-electron chi connectivity index (χ0n) is 13.8. The molecule has 0 aliphatic carbocycles. The molecule has 24 heavy (non-hydrogen) atoms. The van der Waals surface area contributed by atoms with Crippen molar-refractivity contribution in [3.63, 3.8) is 0 Å². The van der Waals surface area contributed by atoms with Gasteiger partial charge in [0.1, 0.15) is 0 Å². The lowest BCUT2D eigenvalue weighted by molar-refractivity contribution is 0.0704. The molecule has 7 heteroatoms. The molecule has 1 atom stereocenters. The molecule has 1 saturated heterocycles. The van der Waals surface area contributed by atoms with Gasteiger partial charge in [0.15, 0.2) is 0 Å². The number of carbonyl (C=O) groups excluding carboxylic acids is 1. The summed E-state index contributed by atoms with van der Waals surface area (Å²) in [6, 6.07) is 5.01. The number of nitrogens with one attached hydrogen (secondary N) is 1. The van der Waals surface area contributed by atoms with E-state index in [2.05, 4.69) is 10.2 Å². The number of methoxy groups -OCH3 is 1. The first-order chi connectivity index (χ1) is 11.7. The predicted molar refractivity (Wildman–Crippen MR) is 89.0 cm³/mol. The van der Waals surface area contributed by atoms with Crippen LogP contribution in [-0.4, -0.2) is 52.4 Å². The third-order valence-electron chi connectivity index (χ3n) is 4.44. The van der Waals surface area contributed by atoms with Gasteiger partial charge in [-0.1, -0.05) is 0 Å². The molecule has 2 aromatic heterocycles. The number of H-pyrrole nitrogens is 1. The number of aromatic nitrogens is 3. The maximum atomic E-state index is 12.8. The highest BCUT2D eigenvalue weighted by atomic mass is 16.5. The standard InChI is InChI=1S/C17H22N4O3/c1-24-10-9-20-12-14(4-5-16(20)22)17(23)21-8-2-3-13(11-21)15-6-7-18-19-15/h4-7,12-13H,2-3,8-11H2,1H3,(H,18,19)/t13-/m0/s1. The minimum atomic E-state index is -0.127. The highest BCUT2D eigenvalue weighted by molar-refractivity contribution is 5.94. The van der Waals surface area contributed by atoms with Gasteiger partial charge in [-0.15, -0.1) is 0 Å². The molecular formula is C17H22N4O3. The van der Waals surface area contributed by atoms with Crippen LogP contribution in [0.4, 0.5) is 0 Å². The minimum Gasteiger partial charge on any atom is -0.383 e. The fourth-order valence-corrected chi connectivity index (χ4v) is 3.11. The lowest BCUT2D eigenvalue weighted by Gasteiger charge is -2.32. The average Bonchev–Trinajstić information content (AvgIpc) is 3.15. The summed E-state index contributed by atoms with van der Waals surface area (Å²) in [6.45, 7) is 2.27. The second-order valence-corrected chi connectivity index (χ2v) is 6.04. The molecule has 0 unspecified atom stereocenters. The first-order valence-corrected chi connectivity index (χ1v) is 8.17. The van der Waals surface area contributed by atoms with Gasteiger partial charge in [0, 0.05) is 56.8 Å². The molecule has 0 spiro atoms. The molecule has 128 valence electrons. The minimum absolute atomic E-state index is 0.0367. The largest absolute Gasteiger partial charge is 0.383 e. The zero-order valence-corrected chi connectivity index (χ0v) is 13.8. The molecule has 7 nitrogen and oxygen atoms in total. The molecule has 1 N–H and O–H groups in total. The Hall–Kier alpha value is -2.41. The fraction of sp³-hybridized carbons (Fsp3) is 0.471. The molecule has 1 aliphatic heterocycles. The van der Waals surface area contributed by atoms with Crippen LogP contribution < -0.4 is 5.56 Å². The van der Waals surface area contributed by atoms with Crippen molar-refractivity contribution in [3.05, 3.63) is 52.2 Å². The summed E-state index contributed by atoms with van der Waals surface area (Å²) in [6.07, 6.45) is 5.36. The number of hydrogen-bond donors (Lipinski definition) is 1. The summed E-state index contributed by atoms with van der Waals surface area (Å²) in [5.41, 5.74) is 1.48. The third kappa shape index (κ3) is 3.56. The van der Waals surface area contributed by atoms with Crippen molar-refractivity contribution in [2.24, 2.45) is 0 Å². The molecule has 0 bridgehead atoms. The topological polar surface area (TPSA) is 80.2 Å². The summed E-state index contributed by atoms with van der Waals surface area (Å²) in [7, 11) is 1.59. The Kier molecular flexibility index (Phi) is 5.10. The lowest BCUT2D eigenvalue weighted by atomic mass is 9.94. The number of ether oxygens (including phenoxy) is 1. The molecule has 0 saturated carbocycles. The molecule has 0 radical (unpaired) electrons. The number of piperidine rings is 1. The zero-order chi connectivity index (χ0) is 16.9. The summed E-state index contributed by atoms with van der Waals surface area (Å²) in [5, 5.41) is 7.00. The summed E-state index contributed by atoms with van der Waals surface area (Å²) in [5.74, 6) is 0.245. The second kappa shape index (κ2) is 7.44. The smallest absolute Gasteiger partial charge is 0.255 e. The molecule has 3 rings (SSSR count). The predicted octanol–water partition coefficient (Wildman–Crippen LogP) is 1.24. The van der Waals surface area contributed by atoms with E-state index in [0.29, 0.717) is 25.3 Å². The SMILES string of the molecule is COCCn1cc(C(=O)N2CCC[C@H](c3ccn[nH]3)C2)ccc1=O. The number of aromatic amines is 1. The Labute approximate surface area is 140 Å². The maximum absolute atomic E-state index is 12.8. The molecule has 1 amide bonds. The molecular weight excluding hydrogens is 308 g/mol. The number of rotatable bonds is 5. The number of carbonyl (C=O) groups is 1. The van der Waals surface area contributed by atoms with E-state index in [1.165, 1.54) is 10.6 Å². The average molecular weight is 330 g/mol. The summed E-state index contributed by atoms with van der Waals surface area (Å²) in [4.78, 5) is 26.5. The Morgan fingerprint density at radius 2 is 2.29 bits per heavy atom. The Bertz CT molecular complexity index is 739. The number of amides is 1. The highest BCUT2D eigenvalue weighted by Crippen LogP contribution is 2.26. The number of likely N-dealkylation sites (tertiary alicyclic amines) is 1. The van der Waals surface area contributed by atoms with E-state index in [9.17, 15) is 9.59 Å². The normalized spacial score (nSPS) is 17.9. The van der Waals surface area contributed by atoms with Gasteiger partial charge in [-0.05, 0) is 25.0 Å². The van der Waals surface area contributed by atoms with Crippen molar-refractivity contribution in [2.45, 2.75) is 25.3 Å². The van der Waals surface area contributed by atoms with Gasteiger partial charge in [0.2, 0.25) is 0 Å². The highest BCUT2D eigenvalue weighted by Gasteiger charge is 2.26. The van der Waals surface area contributed by atoms with Crippen LogP contribution in [0, 0.1) is 0 Å². The van der Waals surface area contributed by atoms with Crippen LogP contribution in [0.2, 0.25) is 0 Å². The summed E-state index contributed by atoms with van der Waals surface area (Å²) >= 11 is 0. The quantitative estimate of drug-likeness (QED) is 0.894. The van der Waals surface area contributed by atoms with Crippen LogP contribution in [-0.2, 0) is 11.3 Å². The van der Waals surface area contributed by atoms with E-state index in [1.807, 2.05) is 11.0 Å². The van der Waals surface area contributed by atoms with Crippen molar-refractivity contribution >= 4 is 5.91 Å². The maximum Gasteiger partial charge on any atom is 0.255 e. The van der Waals surface area contributed by atoms with Crippen LogP contribution in [0.25, 0.3) is 0 Å². The fourth-order valence-electron chi connectivity index (χ4n) is 3.11. The van der Waals surface area contributed by atoms with Crippen LogP contribution in [0.15, 0.2) is 35.4 Å². The lowest BCUT2D eigenvalue weighted by Crippen LogP contribution is -2.39.